The van der Waals surface area contributed by atoms with Crippen LogP contribution in [0.3, 0.4) is 0 Å². The minimum Gasteiger partial charge on any atom is -0.298 e. The number of aliphatic imine (C=N–C) groups is 2. The number of hydrogen-bond acceptors (Lipinski definition) is 4. The predicted molar refractivity (Wildman–Crippen MR) is 88.8 cm³/mol. The van der Waals surface area contributed by atoms with Crippen LogP contribution >= 0.6 is 0 Å². The molecule has 5 nitrogen and oxygen atoms in total. The molecule has 0 N–H and O–H groups in total. The summed E-state index contributed by atoms with van der Waals surface area (Å²) in [5.74, 6) is 2.89. The number of nitrogens with zero attached hydrogens (tertiary/aromatic N) is 5. The van der Waals surface area contributed by atoms with Crippen LogP contribution in [0.5, 0.6) is 0 Å². The molecule has 5 heteroatoms. The Kier molecular flexibility index (Phi) is 3.06. The lowest BCUT2D eigenvalue weighted by Crippen LogP contribution is -2.46. The lowest BCUT2D eigenvalue weighted by molar-refractivity contribution is 0.505. The highest BCUT2D eigenvalue weighted by Crippen LogP contribution is 2.28. The Bertz CT molecular complexity index is 767. The summed E-state index contributed by atoms with van der Waals surface area (Å²) in [5, 5.41) is 4.74. The molecule has 0 aliphatic carbocycles. The van der Waals surface area contributed by atoms with Crippen molar-refractivity contribution in [2.24, 2.45) is 9.98 Å². The largest absolute Gasteiger partial charge is 0.298 e. The van der Waals surface area contributed by atoms with Gasteiger partial charge in [0.15, 0.2) is 5.82 Å². The lowest BCUT2D eigenvalue weighted by atomic mass is 10.1. The van der Waals surface area contributed by atoms with E-state index in [0.29, 0.717) is 0 Å². The molecule has 0 atom stereocenters. The first kappa shape index (κ1) is 13.2. The Hall–Kier alpha value is -2.43. The summed E-state index contributed by atoms with van der Waals surface area (Å²) >= 11 is 0. The SMILES string of the molecule is CCC1=Nc2cc(-c3ccc(C)cc3)nn2C2=NCCCN12. The van der Waals surface area contributed by atoms with E-state index in [-0.39, 0.29) is 0 Å². The van der Waals surface area contributed by atoms with Crippen molar-refractivity contribution in [2.75, 3.05) is 13.1 Å². The zero-order chi connectivity index (χ0) is 15.1. The normalized spacial score (nSPS) is 16.7. The lowest BCUT2D eigenvalue weighted by Gasteiger charge is -2.32. The second-order valence-corrected chi connectivity index (χ2v) is 5.73. The van der Waals surface area contributed by atoms with Gasteiger partial charge in [0, 0.05) is 31.1 Å². The molecule has 0 unspecified atom stereocenters. The molecule has 3 heterocycles. The van der Waals surface area contributed by atoms with Crippen LogP contribution in [0.15, 0.2) is 40.3 Å². The maximum Gasteiger partial charge on any atom is 0.229 e. The first-order valence-electron chi connectivity index (χ1n) is 7.83. The molecular formula is C17H19N5. The van der Waals surface area contributed by atoms with Crippen molar-refractivity contribution < 1.29 is 0 Å². The molecule has 112 valence electrons. The molecular weight excluding hydrogens is 274 g/mol. The van der Waals surface area contributed by atoms with Crippen LogP contribution in [0, 0.1) is 6.92 Å². The number of rotatable bonds is 2. The number of hydrogen-bond donors (Lipinski definition) is 0. The highest BCUT2D eigenvalue weighted by atomic mass is 15.5. The Morgan fingerprint density at radius 1 is 1.18 bits per heavy atom. The van der Waals surface area contributed by atoms with Gasteiger partial charge in [0.2, 0.25) is 5.96 Å². The summed E-state index contributed by atoms with van der Waals surface area (Å²) in [6.45, 7) is 6.07. The Balaban J connectivity index is 1.82. The first-order valence-corrected chi connectivity index (χ1v) is 7.83. The third-order valence-corrected chi connectivity index (χ3v) is 4.13. The molecule has 0 saturated heterocycles. The van der Waals surface area contributed by atoms with Crippen molar-refractivity contribution in [3.05, 3.63) is 35.9 Å². The monoisotopic (exact) mass is 293 g/mol. The number of fused-ring (bicyclic) bond motifs is 3. The standard InChI is InChI=1S/C17H19N5/c1-3-15-19-16-11-14(13-7-5-12(2)6-8-13)20-22(16)17-18-9-4-10-21(15)17/h5-8,11H,3-4,9-10H2,1-2H3. The summed E-state index contributed by atoms with van der Waals surface area (Å²) in [6.07, 6.45) is 1.98. The molecule has 0 saturated carbocycles. The van der Waals surface area contributed by atoms with Crippen LogP contribution in [-0.4, -0.2) is 39.6 Å². The minimum atomic E-state index is 0.863. The van der Waals surface area contributed by atoms with Gasteiger partial charge in [-0.05, 0) is 13.3 Å². The van der Waals surface area contributed by atoms with E-state index in [1.807, 2.05) is 4.68 Å². The summed E-state index contributed by atoms with van der Waals surface area (Å²) in [6, 6.07) is 10.5. The van der Waals surface area contributed by atoms with E-state index >= 15 is 0 Å². The molecule has 0 radical (unpaired) electrons. The molecule has 0 fully saturated rings. The smallest absolute Gasteiger partial charge is 0.229 e. The Morgan fingerprint density at radius 3 is 2.77 bits per heavy atom. The van der Waals surface area contributed by atoms with E-state index in [4.69, 9.17) is 10.1 Å². The fraction of sp³-hybridized carbons (Fsp3) is 0.353. The van der Waals surface area contributed by atoms with E-state index in [2.05, 4.69) is 54.1 Å². The number of benzene rings is 1. The Morgan fingerprint density at radius 2 is 2.00 bits per heavy atom. The molecule has 2 aromatic rings. The summed E-state index contributed by atoms with van der Waals surface area (Å²) in [7, 11) is 0. The van der Waals surface area contributed by atoms with E-state index in [0.717, 1.165) is 54.8 Å². The van der Waals surface area contributed by atoms with Gasteiger partial charge in [0.1, 0.15) is 5.84 Å². The van der Waals surface area contributed by atoms with Gasteiger partial charge in [0.25, 0.3) is 0 Å². The fourth-order valence-corrected chi connectivity index (χ4v) is 2.95. The van der Waals surface area contributed by atoms with Gasteiger partial charge in [-0.1, -0.05) is 36.8 Å². The topological polar surface area (TPSA) is 45.8 Å². The second kappa shape index (κ2) is 5.09. The van der Waals surface area contributed by atoms with Gasteiger partial charge in [0.05, 0.1) is 5.69 Å². The summed E-state index contributed by atoms with van der Waals surface area (Å²) in [4.78, 5) is 11.6. The summed E-state index contributed by atoms with van der Waals surface area (Å²) in [5.41, 5.74) is 3.31. The van der Waals surface area contributed by atoms with Crippen LogP contribution in [0.25, 0.3) is 11.3 Å². The average molecular weight is 293 g/mol. The fourth-order valence-electron chi connectivity index (χ4n) is 2.95. The zero-order valence-electron chi connectivity index (χ0n) is 13.0. The van der Waals surface area contributed by atoms with Crippen molar-refractivity contribution in [3.63, 3.8) is 0 Å². The maximum absolute atomic E-state index is 4.77. The van der Waals surface area contributed by atoms with E-state index < -0.39 is 0 Å². The van der Waals surface area contributed by atoms with Crippen molar-refractivity contribution in [2.45, 2.75) is 26.7 Å². The molecule has 2 aliphatic rings. The van der Waals surface area contributed by atoms with Crippen LogP contribution in [-0.2, 0) is 0 Å². The molecule has 0 spiro atoms. The molecule has 4 rings (SSSR count). The van der Waals surface area contributed by atoms with Crippen molar-refractivity contribution in [1.82, 2.24) is 14.7 Å². The van der Waals surface area contributed by atoms with Crippen molar-refractivity contribution >= 4 is 17.6 Å². The van der Waals surface area contributed by atoms with Gasteiger partial charge in [-0.3, -0.25) is 9.89 Å². The molecule has 1 aromatic carbocycles. The molecule has 2 aliphatic heterocycles. The van der Waals surface area contributed by atoms with Crippen molar-refractivity contribution in [1.29, 1.82) is 0 Å². The minimum absolute atomic E-state index is 0.863. The molecule has 1 aromatic heterocycles. The van der Waals surface area contributed by atoms with Crippen LogP contribution in [0.4, 0.5) is 5.82 Å². The maximum atomic E-state index is 4.77. The molecule has 22 heavy (non-hydrogen) atoms. The number of aromatic nitrogens is 2. The molecule has 0 amide bonds. The van der Waals surface area contributed by atoms with Gasteiger partial charge in [-0.15, -0.1) is 0 Å². The number of aryl methyl sites for hydroxylation is 1. The quantitative estimate of drug-likeness (QED) is 0.853. The van der Waals surface area contributed by atoms with Crippen LogP contribution in [0.2, 0.25) is 0 Å². The molecule has 0 bridgehead atoms. The third-order valence-electron chi connectivity index (χ3n) is 4.13. The van der Waals surface area contributed by atoms with Gasteiger partial charge >= 0.3 is 0 Å². The highest BCUT2D eigenvalue weighted by molar-refractivity contribution is 6.05. The average Bonchev–Trinajstić information content (AvgIpc) is 2.99. The van der Waals surface area contributed by atoms with E-state index in [1.165, 1.54) is 5.56 Å². The van der Waals surface area contributed by atoms with E-state index in [9.17, 15) is 0 Å². The van der Waals surface area contributed by atoms with Gasteiger partial charge in [-0.25, -0.2) is 4.99 Å². The third kappa shape index (κ3) is 2.04. The predicted octanol–water partition coefficient (Wildman–Crippen LogP) is 3.22. The summed E-state index contributed by atoms with van der Waals surface area (Å²) < 4.78 is 1.88. The van der Waals surface area contributed by atoms with Gasteiger partial charge in [-0.2, -0.15) is 9.78 Å². The van der Waals surface area contributed by atoms with Gasteiger partial charge < -0.3 is 0 Å². The first-order chi connectivity index (χ1) is 10.8. The number of amidine groups is 1. The zero-order valence-corrected chi connectivity index (χ0v) is 13.0. The van der Waals surface area contributed by atoms with Crippen LogP contribution < -0.4 is 0 Å². The van der Waals surface area contributed by atoms with E-state index in [1.54, 1.807) is 0 Å². The van der Waals surface area contributed by atoms with Crippen molar-refractivity contribution in [3.8, 4) is 11.3 Å². The highest BCUT2D eigenvalue weighted by Gasteiger charge is 2.28. The Labute approximate surface area is 130 Å². The second-order valence-electron chi connectivity index (χ2n) is 5.73. The van der Waals surface area contributed by atoms with Crippen LogP contribution in [0.1, 0.15) is 25.3 Å².